The first-order valence-electron chi connectivity index (χ1n) is 6.67. The summed E-state index contributed by atoms with van der Waals surface area (Å²) in [7, 11) is 1.58. The van der Waals surface area contributed by atoms with E-state index in [4.69, 9.17) is 9.47 Å². The fourth-order valence-corrected chi connectivity index (χ4v) is 1.97. The highest BCUT2D eigenvalue weighted by Gasteiger charge is 2.20. The zero-order valence-corrected chi connectivity index (χ0v) is 12.1. The molecular formula is C17H18O4. The monoisotopic (exact) mass is 286 g/mol. The van der Waals surface area contributed by atoms with Gasteiger partial charge in [0.15, 0.2) is 6.10 Å². The molecule has 0 saturated carbocycles. The smallest absolute Gasteiger partial charge is 0.345 e. The number of rotatable bonds is 6. The molecule has 0 amide bonds. The average Bonchev–Trinajstić information content (AvgIpc) is 2.49. The van der Waals surface area contributed by atoms with Crippen LogP contribution in [0.2, 0.25) is 0 Å². The number of hydrogen-bond donors (Lipinski definition) is 1. The van der Waals surface area contributed by atoms with Crippen molar-refractivity contribution in [1.82, 2.24) is 0 Å². The molecule has 0 radical (unpaired) electrons. The number of benzene rings is 2. The van der Waals surface area contributed by atoms with Crippen LogP contribution < -0.4 is 9.47 Å². The van der Waals surface area contributed by atoms with Crippen molar-refractivity contribution in [2.75, 3.05) is 7.11 Å². The lowest BCUT2D eigenvalue weighted by molar-refractivity contribution is -0.145. The molecule has 0 aliphatic rings. The quantitative estimate of drug-likeness (QED) is 0.886. The first-order chi connectivity index (χ1) is 10.1. The van der Waals surface area contributed by atoms with Crippen LogP contribution in [0.4, 0.5) is 0 Å². The molecule has 1 atom stereocenters. The van der Waals surface area contributed by atoms with Gasteiger partial charge < -0.3 is 14.6 Å². The van der Waals surface area contributed by atoms with Gasteiger partial charge in [0.1, 0.15) is 11.5 Å². The first kappa shape index (κ1) is 14.9. The summed E-state index contributed by atoms with van der Waals surface area (Å²) in [4.78, 5) is 11.4. The van der Waals surface area contributed by atoms with E-state index in [0.29, 0.717) is 11.5 Å². The number of methoxy groups -OCH3 is 1. The van der Waals surface area contributed by atoms with Gasteiger partial charge in [-0.05, 0) is 36.8 Å². The van der Waals surface area contributed by atoms with Gasteiger partial charge in [-0.1, -0.05) is 29.8 Å². The van der Waals surface area contributed by atoms with Crippen molar-refractivity contribution in [3.63, 3.8) is 0 Å². The first-order valence-corrected chi connectivity index (χ1v) is 6.67. The summed E-state index contributed by atoms with van der Waals surface area (Å²) in [5.74, 6) is 0.265. The molecule has 0 fully saturated rings. The summed E-state index contributed by atoms with van der Waals surface area (Å²) < 4.78 is 10.7. The number of hydrogen-bond acceptors (Lipinski definition) is 3. The third-order valence-electron chi connectivity index (χ3n) is 3.13. The van der Waals surface area contributed by atoms with Crippen LogP contribution >= 0.6 is 0 Å². The Labute approximate surface area is 123 Å². The van der Waals surface area contributed by atoms with Crippen LogP contribution in [-0.2, 0) is 11.2 Å². The molecule has 2 rings (SSSR count). The van der Waals surface area contributed by atoms with Crippen molar-refractivity contribution in [1.29, 1.82) is 0 Å². The summed E-state index contributed by atoms with van der Waals surface area (Å²) in [5.41, 5.74) is 1.95. The molecule has 0 unspecified atom stereocenters. The van der Waals surface area contributed by atoms with E-state index in [1.165, 1.54) is 0 Å². The van der Waals surface area contributed by atoms with E-state index in [1.54, 1.807) is 19.2 Å². The fourth-order valence-electron chi connectivity index (χ4n) is 1.97. The molecule has 4 nitrogen and oxygen atoms in total. The minimum Gasteiger partial charge on any atom is -0.497 e. The summed E-state index contributed by atoms with van der Waals surface area (Å²) in [6.07, 6.45) is -0.653. The molecule has 0 spiro atoms. The minimum absolute atomic E-state index is 0.278. The van der Waals surface area contributed by atoms with Crippen LogP contribution in [0.1, 0.15) is 11.1 Å². The van der Waals surface area contributed by atoms with Gasteiger partial charge in [-0.25, -0.2) is 4.79 Å². The molecule has 0 aliphatic carbocycles. The number of ether oxygens (including phenoxy) is 2. The van der Waals surface area contributed by atoms with Crippen LogP contribution in [0, 0.1) is 6.92 Å². The molecule has 0 bridgehead atoms. The van der Waals surface area contributed by atoms with E-state index in [9.17, 15) is 9.90 Å². The zero-order valence-electron chi connectivity index (χ0n) is 12.1. The van der Waals surface area contributed by atoms with Gasteiger partial charge in [-0.3, -0.25) is 0 Å². The molecule has 110 valence electrons. The van der Waals surface area contributed by atoms with Crippen LogP contribution in [0.25, 0.3) is 0 Å². The van der Waals surface area contributed by atoms with Gasteiger partial charge in [0, 0.05) is 6.42 Å². The van der Waals surface area contributed by atoms with Crippen molar-refractivity contribution in [3.8, 4) is 11.5 Å². The van der Waals surface area contributed by atoms with E-state index >= 15 is 0 Å². The lowest BCUT2D eigenvalue weighted by Gasteiger charge is -2.15. The maximum Gasteiger partial charge on any atom is 0.345 e. The Morgan fingerprint density at radius 3 is 2.48 bits per heavy atom. The van der Waals surface area contributed by atoms with Gasteiger partial charge in [0.05, 0.1) is 7.11 Å². The van der Waals surface area contributed by atoms with E-state index in [0.717, 1.165) is 11.1 Å². The van der Waals surface area contributed by atoms with Gasteiger partial charge in [-0.2, -0.15) is 0 Å². The second-order valence-electron chi connectivity index (χ2n) is 4.81. The van der Waals surface area contributed by atoms with Crippen LogP contribution in [0.15, 0.2) is 48.5 Å². The number of aliphatic carboxylic acids is 1. The summed E-state index contributed by atoms with van der Waals surface area (Å²) in [6.45, 7) is 1.97. The van der Waals surface area contributed by atoms with Crippen LogP contribution in [-0.4, -0.2) is 24.3 Å². The Kier molecular flexibility index (Phi) is 4.82. The van der Waals surface area contributed by atoms with Crippen LogP contribution in [0.5, 0.6) is 11.5 Å². The molecule has 0 aliphatic heterocycles. The van der Waals surface area contributed by atoms with E-state index in [-0.39, 0.29) is 6.42 Å². The van der Waals surface area contributed by atoms with Crippen molar-refractivity contribution in [2.24, 2.45) is 0 Å². The molecule has 1 N–H and O–H groups in total. The van der Waals surface area contributed by atoms with Crippen molar-refractivity contribution >= 4 is 5.97 Å². The second-order valence-corrected chi connectivity index (χ2v) is 4.81. The SMILES string of the molecule is COc1cccc(C[C@@H](Oc2ccc(C)cc2)C(=O)O)c1. The molecule has 0 aromatic heterocycles. The molecule has 4 heteroatoms. The second kappa shape index (κ2) is 6.79. The maximum absolute atomic E-state index is 11.4. The fraction of sp³-hybridized carbons (Fsp3) is 0.235. The van der Waals surface area contributed by atoms with Crippen LogP contribution in [0.3, 0.4) is 0 Å². The van der Waals surface area contributed by atoms with Gasteiger partial charge in [0.2, 0.25) is 0 Å². The number of carbonyl (C=O) groups is 1. The highest BCUT2D eigenvalue weighted by molar-refractivity contribution is 5.73. The third kappa shape index (κ3) is 4.24. The zero-order chi connectivity index (χ0) is 15.2. The molecule has 2 aromatic rings. The Morgan fingerprint density at radius 2 is 1.86 bits per heavy atom. The van der Waals surface area contributed by atoms with Crippen molar-refractivity contribution < 1.29 is 19.4 Å². The van der Waals surface area contributed by atoms with E-state index < -0.39 is 12.1 Å². The summed E-state index contributed by atoms with van der Waals surface area (Å²) >= 11 is 0. The molecule has 0 heterocycles. The average molecular weight is 286 g/mol. The molecule has 0 saturated heterocycles. The molecule has 21 heavy (non-hydrogen) atoms. The number of aryl methyl sites for hydroxylation is 1. The maximum atomic E-state index is 11.4. The Balaban J connectivity index is 2.11. The molecular weight excluding hydrogens is 268 g/mol. The Hall–Kier alpha value is -2.49. The lowest BCUT2D eigenvalue weighted by atomic mass is 10.1. The predicted molar refractivity (Wildman–Crippen MR) is 79.9 cm³/mol. The van der Waals surface area contributed by atoms with E-state index in [1.807, 2.05) is 43.3 Å². The van der Waals surface area contributed by atoms with Gasteiger partial charge in [0.25, 0.3) is 0 Å². The minimum atomic E-state index is -0.988. The van der Waals surface area contributed by atoms with Gasteiger partial charge >= 0.3 is 5.97 Å². The topological polar surface area (TPSA) is 55.8 Å². The van der Waals surface area contributed by atoms with Crippen molar-refractivity contribution in [3.05, 3.63) is 59.7 Å². The number of carboxylic acid groups (broad SMARTS) is 1. The molecule has 2 aromatic carbocycles. The predicted octanol–water partition coefficient (Wildman–Crippen LogP) is 3.08. The standard InChI is InChI=1S/C17H18O4/c1-12-6-8-14(9-7-12)21-16(17(18)19)11-13-4-3-5-15(10-13)20-2/h3-10,16H,11H2,1-2H3,(H,18,19)/t16-/m1/s1. The third-order valence-corrected chi connectivity index (χ3v) is 3.13. The summed E-state index contributed by atoms with van der Waals surface area (Å²) in [6, 6.07) is 14.7. The normalized spacial score (nSPS) is 11.7. The number of carboxylic acids is 1. The highest BCUT2D eigenvalue weighted by Crippen LogP contribution is 2.18. The van der Waals surface area contributed by atoms with E-state index in [2.05, 4.69) is 0 Å². The highest BCUT2D eigenvalue weighted by atomic mass is 16.5. The largest absolute Gasteiger partial charge is 0.497 e. The Morgan fingerprint density at radius 1 is 1.14 bits per heavy atom. The summed E-state index contributed by atoms with van der Waals surface area (Å²) in [5, 5.41) is 9.32. The lowest BCUT2D eigenvalue weighted by Crippen LogP contribution is -2.29. The van der Waals surface area contributed by atoms with Gasteiger partial charge in [-0.15, -0.1) is 0 Å². The Bertz CT molecular complexity index is 604. The van der Waals surface area contributed by atoms with Crippen molar-refractivity contribution in [2.45, 2.75) is 19.4 Å².